The van der Waals surface area contributed by atoms with Gasteiger partial charge in [0, 0.05) is 11.1 Å². The maximum Gasteiger partial charge on any atom is 0.183 e. The number of carbonyl (C=O) groups excluding carboxylic acids is 3. The summed E-state index contributed by atoms with van der Waals surface area (Å²) in [7, 11) is 0. The van der Waals surface area contributed by atoms with E-state index < -0.39 is 22.7 Å². The monoisotopic (exact) mass is 334 g/mol. The van der Waals surface area contributed by atoms with Gasteiger partial charge >= 0.3 is 0 Å². The second-order valence-electron chi connectivity index (χ2n) is 7.08. The Labute approximate surface area is 145 Å². The van der Waals surface area contributed by atoms with Crippen molar-refractivity contribution < 1.29 is 19.5 Å². The number of ketones is 3. The lowest BCUT2D eigenvalue weighted by molar-refractivity contribution is -0.147. The Morgan fingerprint density at radius 1 is 1.08 bits per heavy atom. The molecule has 0 heterocycles. The van der Waals surface area contributed by atoms with Gasteiger partial charge in [-0.3, -0.25) is 14.4 Å². The highest BCUT2D eigenvalue weighted by Gasteiger charge is 2.70. The zero-order chi connectivity index (χ0) is 17.8. The minimum Gasteiger partial charge on any atom is -0.376 e. The number of aliphatic hydroxyl groups is 1. The summed E-state index contributed by atoms with van der Waals surface area (Å²) in [5, 5.41) is 11.3. The maximum atomic E-state index is 13.3. The Morgan fingerprint density at radius 3 is 2.40 bits per heavy atom. The lowest BCUT2D eigenvalue weighted by atomic mass is 9.66. The van der Waals surface area contributed by atoms with Gasteiger partial charge in [-0.15, -0.1) is 0 Å². The summed E-state index contributed by atoms with van der Waals surface area (Å²) in [5.74, 6) is -1.98. The van der Waals surface area contributed by atoms with E-state index >= 15 is 0 Å². The molecule has 4 heteroatoms. The van der Waals surface area contributed by atoms with Crippen LogP contribution in [0.3, 0.4) is 0 Å². The van der Waals surface area contributed by atoms with Crippen molar-refractivity contribution >= 4 is 17.3 Å². The van der Waals surface area contributed by atoms with Gasteiger partial charge in [0.2, 0.25) is 0 Å². The summed E-state index contributed by atoms with van der Waals surface area (Å²) >= 11 is 0. The zero-order valence-electron chi connectivity index (χ0n) is 13.9. The smallest absolute Gasteiger partial charge is 0.183 e. The van der Waals surface area contributed by atoms with Gasteiger partial charge in [-0.25, -0.2) is 0 Å². The van der Waals surface area contributed by atoms with Gasteiger partial charge in [-0.1, -0.05) is 54.6 Å². The van der Waals surface area contributed by atoms with Crippen molar-refractivity contribution in [1.29, 1.82) is 0 Å². The average Bonchev–Trinajstić information content (AvgIpc) is 2.80. The third kappa shape index (κ3) is 1.94. The van der Waals surface area contributed by atoms with E-state index in [1.165, 1.54) is 6.92 Å². The third-order valence-corrected chi connectivity index (χ3v) is 5.69. The Bertz CT molecular complexity index is 901. The van der Waals surface area contributed by atoms with Crippen molar-refractivity contribution in [2.75, 3.05) is 0 Å². The van der Waals surface area contributed by atoms with Crippen molar-refractivity contribution in [2.45, 2.75) is 25.4 Å². The van der Waals surface area contributed by atoms with Crippen LogP contribution in [0.1, 0.15) is 34.8 Å². The Hall–Kier alpha value is -2.59. The molecule has 4 rings (SSSR count). The molecule has 25 heavy (non-hydrogen) atoms. The minimum atomic E-state index is -1.91. The van der Waals surface area contributed by atoms with Crippen LogP contribution in [0.4, 0.5) is 0 Å². The van der Waals surface area contributed by atoms with E-state index in [1.807, 2.05) is 30.3 Å². The predicted molar refractivity (Wildman–Crippen MR) is 91.0 cm³/mol. The van der Waals surface area contributed by atoms with Crippen LogP contribution in [-0.2, 0) is 21.6 Å². The molecule has 0 aromatic heterocycles. The highest BCUT2D eigenvalue weighted by molar-refractivity contribution is 6.24. The van der Waals surface area contributed by atoms with Crippen LogP contribution in [0, 0.1) is 11.3 Å². The summed E-state index contributed by atoms with van der Waals surface area (Å²) in [6.07, 6.45) is 0.256. The molecule has 0 radical (unpaired) electrons. The summed E-state index contributed by atoms with van der Waals surface area (Å²) < 4.78 is 0. The van der Waals surface area contributed by atoms with E-state index in [0.29, 0.717) is 5.56 Å². The van der Waals surface area contributed by atoms with Crippen molar-refractivity contribution in [3.05, 3.63) is 71.3 Å². The number of hydrogen-bond donors (Lipinski definition) is 1. The average molecular weight is 334 g/mol. The number of hydrogen-bond acceptors (Lipinski definition) is 4. The first-order valence-electron chi connectivity index (χ1n) is 8.37. The van der Waals surface area contributed by atoms with Crippen molar-refractivity contribution in [3.8, 4) is 0 Å². The van der Waals surface area contributed by atoms with E-state index in [4.69, 9.17) is 0 Å². The topological polar surface area (TPSA) is 71.4 Å². The number of Topliss-reactive ketones (excluding diaryl/α,β-unsaturated/α-hetero) is 3. The second-order valence-corrected chi connectivity index (χ2v) is 7.08. The number of carbonyl (C=O) groups is 3. The first-order valence-corrected chi connectivity index (χ1v) is 8.37. The van der Waals surface area contributed by atoms with Gasteiger partial charge < -0.3 is 5.11 Å². The summed E-state index contributed by atoms with van der Waals surface area (Å²) in [5.41, 5.74) is -1.82. The molecular weight excluding hydrogens is 316 g/mol. The molecule has 0 unspecified atom stereocenters. The molecule has 126 valence electrons. The molecule has 2 bridgehead atoms. The maximum absolute atomic E-state index is 13.3. The molecule has 1 fully saturated rings. The van der Waals surface area contributed by atoms with E-state index in [1.54, 1.807) is 24.3 Å². The van der Waals surface area contributed by atoms with Crippen LogP contribution in [-0.4, -0.2) is 22.5 Å². The lowest BCUT2D eigenvalue weighted by Gasteiger charge is -2.36. The van der Waals surface area contributed by atoms with E-state index in [0.717, 1.165) is 5.56 Å². The SMILES string of the molecule is CC(=O)[C@@H]1C[C@@]2(Cc3ccccc3)C(=O)c3ccccc3[C@]1(O)C2=O. The van der Waals surface area contributed by atoms with Crippen LogP contribution < -0.4 is 0 Å². The Balaban J connectivity index is 1.95. The fourth-order valence-electron chi connectivity index (χ4n) is 4.50. The molecule has 1 N–H and O–H groups in total. The van der Waals surface area contributed by atoms with Crippen LogP contribution >= 0.6 is 0 Å². The van der Waals surface area contributed by atoms with Crippen molar-refractivity contribution in [1.82, 2.24) is 0 Å². The third-order valence-electron chi connectivity index (χ3n) is 5.69. The molecule has 2 aromatic carbocycles. The summed E-state index contributed by atoms with van der Waals surface area (Å²) in [6.45, 7) is 1.37. The largest absolute Gasteiger partial charge is 0.376 e. The fourth-order valence-corrected chi connectivity index (χ4v) is 4.50. The van der Waals surface area contributed by atoms with Gasteiger partial charge in [0.25, 0.3) is 0 Å². The van der Waals surface area contributed by atoms with Gasteiger partial charge in [-0.05, 0) is 25.3 Å². The molecule has 3 atom stereocenters. The number of rotatable bonds is 3. The lowest BCUT2D eigenvalue weighted by Crippen LogP contribution is -2.51. The van der Waals surface area contributed by atoms with Crippen LogP contribution in [0.5, 0.6) is 0 Å². The zero-order valence-corrected chi connectivity index (χ0v) is 13.9. The molecule has 0 amide bonds. The number of fused-ring (bicyclic) bond motifs is 4. The molecule has 0 spiro atoms. The summed E-state index contributed by atoms with van der Waals surface area (Å²) in [6, 6.07) is 15.9. The standard InChI is InChI=1S/C21H18O4/c1-13(22)17-12-20(11-14-7-3-2-4-8-14)18(23)15-9-5-6-10-16(15)21(17,25)19(20)24/h2-10,17,25H,11-12H2,1H3/t17-,20-,21+/m0/s1. The van der Waals surface area contributed by atoms with Crippen molar-refractivity contribution in [3.63, 3.8) is 0 Å². The molecule has 2 aliphatic rings. The van der Waals surface area contributed by atoms with Gasteiger partial charge in [0.1, 0.15) is 11.2 Å². The minimum absolute atomic E-state index is 0.0556. The summed E-state index contributed by atoms with van der Waals surface area (Å²) in [4.78, 5) is 38.8. The normalized spacial score (nSPS) is 30.2. The van der Waals surface area contributed by atoms with Gasteiger partial charge in [0.15, 0.2) is 17.2 Å². The second kappa shape index (κ2) is 5.20. The van der Waals surface area contributed by atoms with Gasteiger partial charge in [-0.2, -0.15) is 0 Å². The van der Waals surface area contributed by atoms with Crippen LogP contribution in [0.15, 0.2) is 54.6 Å². The molecular formula is C21H18O4. The van der Waals surface area contributed by atoms with E-state index in [2.05, 4.69) is 0 Å². The number of benzene rings is 2. The highest BCUT2D eigenvalue weighted by Crippen LogP contribution is 2.57. The first-order chi connectivity index (χ1) is 11.9. The van der Waals surface area contributed by atoms with Crippen LogP contribution in [0.25, 0.3) is 0 Å². The first kappa shape index (κ1) is 15.9. The molecule has 4 nitrogen and oxygen atoms in total. The quantitative estimate of drug-likeness (QED) is 0.876. The predicted octanol–water partition coefficient (Wildman–Crippen LogP) is 2.48. The molecule has 2 aromatic rings. The molecule has 0 aliphatic heterocycles. The molecule has 0 saturated heterocycles. The Kier molecular flexibility index (Phi) is 3.31. The highest BCUT2D eigenvalue weighted by atomic mass is 16.3. The van der Waals surface area contributed by atoms with E-state index in [9.17, 15) is 19.5 Å². The van der Waals surface area contributed by atoms with Gasteiger partial charge in [0.05, 0.1) is 5.92 Å². The fraction of sp³-hybridized carbons (Fsp3) is 0.286. The van der Waals surface area contributed by atoms with E-state index in [-0.39, 0.29) is 30.0 Å². The molecule has 1 saturated carbocycles. The van der Waals surface area contributed by atoms with Crippen LogP contribution in [0.2, 0.25) is 0 Å². The molecule has 2 aliphatic carbocycles. The Morgan fingerprint density at radius 2 is 1.72 bits per heavy atom. The van der Waals surface area contributed by atoms with Crippen molar-refractivity contribution in [2.24, 2.45) is 11.3 Å².